The third-order valence-electron chi connectivity index (χ3n) is 2.61. The van der Waals surface area contributed by atoms with Crippen LogP contribution in [0, 0.1) is 5.82 Å². The van der Waals surface area contributed by atoms with Gasteiger partial charge in [0.15, 0.2) is 0 Å². The lowest BCUT2D eigenvalue weighted by molar-refractivity contribution is 0.393. The zero-order valence-corrected chi connectivity index (χ0v) is 9.22. The van der Waals surface area contributed by atoms with E-state index in [0.29, 0.717) is 13.0 Å². The van der Waals surface area contributed by atoms with E-state index >= 15 is 0 Å². The summed E-state index contributed by atoms with van der Waals surface area (Å²) < 4.78 is 36.9. The van der Waals surface area contributed by atoms with Gasteiger partial charge in [0.05, 0.1) is 6.26 Å². The maximum atomic E-state index is 13.0. The third kappa shape index (κ3) is 2.18. The first kappa shape index (κ1) is 10.6. The molecule has 0 N–H and O–H groups in total. The number of halogens is 1. The Labute approximate surface area is 88.6 Å². The van der Waals surface area contributed by atoms with Crippen molar-refractivity contribution in [2.45, 2.75) is 13.0 Å². The van der Waals surface area contributed by atoms with Crippen molar-refractivity contribution in [1.82, 2.24) is 4.31 Å². The Bertz CT molecular complexity index is 484. The number of hydrogen-bond acceptors (Lipinski definition) is 2. The highest BCUT2D eigenvalue weighted by Crippen LogP contribution is 2.21. The molecule has 0 radical (unpaired) electrons. The van der Waals surface area contributed by atoms with E-state index in [1.165, 1.54) is 22.7 Å². The normalized spacial score (nSPS) is 17.5. The van der Waals surface area contributed by atoms with Crippen molar-refractivity contribution in [3.8, 4) is 0 Å². The molecule has 1 aromatic carbocycles. The van der Waals surface area contributed by atoms with E-state index < -0.39 is 10.0 Å². The number of rotatable bonds is 1. The lowest BCUT2D eigenvalue weighted by Crippen LogP contribution is -2.35. The van der Waals surface area contributed by atoms with Gasteiger partial charge in [-0.3, -0.25) is 0 Å². The van der Waals surface area contributed by atoms with E-state index in [9.17, 15) is 12.8 Å². The van der Waals surface area contributed by atoms with Crippen LogP contribution in [0.2, 0.25) is 0 Å². The van der Waals surface area contributed by atoms with Crippen LogP contribution >= 0.6 is 0 Å². The SMILES string of the molecule is CS(=O)(=O)N1CCc2ccc(F)cc2C1. The molecule has 5 heteroatoms. The molecule has 1 aliphatic heterocycles. The van der Waals surface area contributed by atoms with Crippen LogP contribution in [0.1, 0.15) is 11.1 Å². The molecule has 15 heavy (non-hydrogen) atoms. The smallest absolute Gasteiger partial charge is 0.211 e. The molecule has 1 aliphatic rings. The average Bonchev–Trinajstić information content (AvgIpc) is 2.15. The predicted molar refractivity (Wildman–Crippen MR) is 55.4 cm³/mol. The summed E-state index contributed by atoms with van der Waals surface area (Å²) in [7, 11) is -3.17. The topological polar surface area (TPSA) is 37.4 Å². The largest absolute Gasteiger partial charge is 0.212 e. The Kier molecular flexibility index (Phi) is 2.52. The highest BCUT2D eigenvalue weighted by molar-refractivity contribution is 7.88. The molecule has 1 heterocycles. The highest BCUT2D eigenvalue weighted by atomic mass is 32.2. The number of benzene rings is 1. The Morgan fingerprint density at radius 2 is 2.07 bits per heavy atom. The average molecular weight is 229 g/mol. The first-order valence-corrected chi connectivity index (χ1v) is 6.54. The fraction of sp³-hybridized carbons (Fsp3) is 0.400. The molecule has 82 valence electrons. The minimum absolute atomic E-state index is 0.284. The Hall–Kier alpha value is -0.940. The van der Waals surface area contributed by atoms with Crippen LogP contribution in [0.15, 0.2) is 18.2 Å². The van der Waals surface area contributed by atoms with Gasteiger partial charge in [-0.1, -0.05) is 6.07 Å². The zero-order valence-electron chi connectivity index (χ0n) is 8.40. The minimum atomic E-state index is -3.17. The van der Waals surface area contributed by atoms with Crippen molar-refractivity contribution in [3.63, 3.8) is 0 Å². The molecule has 0 unspecified atom stereocenters. The van der Waals surface area contributed by atoms with Gasteiger partial charge in [-0.25, -0.2) is 12.8 Å². The fourth-order valence-electron chi connectivity index (χ4n) is 1.78. The first-order valence-electron chi connectivity index (χ1n) is 4.69. The summed E-state index contributed by atoms with van der Waals surface area (Å²) in [4.78, 5) is 0. The van der Waals surface area contributed by atoms with Gasteiger partial charge in [0, 0.05) is 13.1 Å². The monoisotopic (exact) mass is 229 g/mol. The van der Waals surface area contributed by atoms with Crippen LogP contribution in [0.3, 0.4) is 0 Å². The molecule has 0 amide bonds. The van der Waals surface area contributed by atoms with E-state index in [-0.39, 0.29) is 12.4 Å². The molecular weight excluding hydrogens is 217 g/mol. The minimum Gasteiger partial charge on any atom is -0.212 e. The van der Waals surface area contributed by atoms with E-state index in [0.717, 1.165) is 11.1 Å². The van der Waals surface area contributed by atoms with Crippen molar-refractivity contribution < 1.29 is 12.8 Å². The third-order valence-corrected chi connectivity index (χ3v) is 3.86. The summed E-state index contributed by atoms with van der Waals surface area (Å²) in [6.07, 6.45) is 1.83. The van der Waals surface area contributed by atoms with Gasteiger partial charge in [0.2, 0.25) is 10.0 Å². The maximum Gasteiger partial charge on any atom is 0.211 e. The number of nitrogens with zero attached hydrogens (tertiary/aromatic N) is 1. The lowest BCUT2D eigenvalue weighted by atomic mass is 10.0. The Morgan fingerprint density at radius 3 is 2.73 bits per heavy atom. The molecule has 0 saturated carbocycles. The van der Waals surface area contributed by atoms with Gasteiger partial charge in [-0.05, 0) is 29.7 Å². The fourth-order valence-corrected chi connectivity index (χ4v) is 2.58. The van der Waals surface area contributed by atoms with E-state index in [2.05, 4.69) is 0 Å². The van der Waals surface area contributed by atoms with Crippen LogP contribution in [-0.2, 0) is 23.0 Å². The molecule has 0 saturated heterocycles. The molecule has 2 rings (SSSR count). The molecule has 3 nitrogen and oxygen atoms in total. The second kappa shape index (κ2) is 3.57. The van der Waals surface area contributed by atoms with Gasteiger partial charge in [-0.2, -0.15) is 4.31 Å². The standard InChI is InChI=1S/C10H12FNO2S/c1-15(13,14)12-5-4-8-2-3-10(11)6-9(8)7-12/h2-3,6H,4-5,7H2,1H3. The Balaban J connectivity index is 2.34. The molecule has 0 atom stereocenters. The second-order valence-electron chi connectivity index (χ2n) is 3.76. The van der Waals surface area contributed by atoms with Gasteiger partial charge in [0.25, 0.3) is 0 Å². The summed E-state index contributed by atoms with van der Waals surface area (Å²) in [5, 5.41) is 0. The number of hydrogen-bond donors (Lipinski definition) is 0. The molecule has 1 aromatic rings. The summed E-state index contributed by atoms with van der Waals surface area (Å²) >= 11 is 0. The summed E-state index contributed by atoms with van der Waals surface area (Å²) in [5.74, 6) is -0.316. The van der Waals surface area contributed by atoms with Crippen molar-refractivity contribution in [3.05, 3.63) is 35.1 Å². The number of sulfonamides is 1. The molecular formula is C10H12FNO2S. The lowest BCUT2D eigenvalue weighted by Gasteiger charge is -2.26. The van der Waals surface area contributed by atoms with Crippen LogP contribution in [0.5, 0.6) is 0 Å². The summed E-state index contributed by atoms with van der Waals surface area (Å²) in [6, 6.07) is 4.55. The zero-order chi connectivity index (χ0) is 11.1. The van der Waals surface area contributed by atoms with Crippen LogP contribution in [0.4, 0.5) is 4.39 Å². The van der Waals surface area contributed by atoms with Crippen molar-refractivity contribution in [2.75, 3.05) is 12.8 Å². The molecule has 0 bridgehead atoms. The maximum absolute atomic E-state index is 13.0. The molecule has 0 aromatic heterocycles. The van der Waals surface area contributed by atoms with Crippen molar-refractivity contribution >= 4 is 10.0 Å². The van der Waals surface area contributed by atoms with E-state index in [1.807, 2.05) is 0 Å². The molecule has 0 aliphatic carbocycles. The van der Waals surface area contributed by atoms with Crippen molar-refractivity contribution in [2.24, 2.45) is 0 Å². The first-order chi connectivity index (χ1) is 6.97. The second-order valence-corrected chi connectivity index (χ2v) is 5.74. The van der Waals surface area contributed by atoms with Gasteiger partial charge < -0.3 is 0 Å². The Morgan fingerprint density at radius 1 is 1.33 bits per heavy atom. The number of fused-ring (bicyclic) bond motifs is 1. The van der Waals surface area contributed by atoms with Crippen LogP contribution < -0.4 is 0 Å². The van der Waals surface area contributed by atoms with Crippen LogP contribution in [0.25, 0.3) is 0 Å². The van der Waals surface area contributed by atoms with Crippen molar-refractivity contribution in [1.29, 1.82) is 0 Å². The van der Waals surface area contributed by atoms with Gasteiger partial charge in [-0.15, -0.1) is 0 Å². The predicted octanol–water partition coefficient (Wildman–Crippen LogP) is 1.14. The van der Waals surface area contributed by atoms with Gasteiger partial charge >= 0.3 is 0 Å². The molecule has 0 spiro atoms. The quantitative estimate of drug-likeness (QED) is 0.724. The summed E-state index contributed by atoms with van der Waals surface area (Å²) in [5.41, 5.74) is 1.81. The van der Waals surface area contributed by atoms with Gasteiger partial charge in [0.1, 0.15) is 5.82 Å². The highest BCUT2D eigenvalue weighted by Gasteiger charge is 2.22. The van der Waals surface area contributed by atoms with Crippen LogP contribution in [-0.4, -0.2) is 25.5 Å². The van der Waals surface area contributed by atoms with E-state index in [1.54, 1.807) is 6.07 Å². The summed E-state index contributed by atoms with van der Waals surface area (Å²) in [6.45, 7) is 0.767. The van der Waals surface area contributed by atoms with E-state index in [4.69, 9.17) is 0 Å². The molecule has 0 fully saturated rings.